The number of anilines is 1. The van der Waals surface area contributed by atoms with Crippen molar-refractivity contribution < 1.29 is 9.57 Å². The Morgan fingerprint density at radius 2 is 2.10 bits per heavy atom. The monoisotopic (exact) mass is 275 g/mol. The predicted molar refractivity (Wildman–Crippen MR) is 74.7 cm³/mol. The molecule has 0 N–H and O–H groups in total. The number of piperidine rings is 1. The van der Waals surface area contributed by atoms with Crippen LogP contribution < -0.4 is 4.90 Å². The van der Waals surface area contributed by atoms with Gasteiger partial charge in [0.1, 0.15) is 18.1 Å². The number of aromatic nitrogens is 2. The summed E-state index contributed by atoms with van der Waals surface area (Å²) in [6, 6.07) is 0. The minimum absolute atomic E-state index is 0.227. The van der Waals surface area contributed by atoms with Crippen LogP contribution in [0.2, 0.25) is 0 Å². The van der Waals surface area contributed by atoms with Crippen LogP contribution >= 0.6 is 0 Å². The minimum Gasteiger partial charge on any atom is -0.392 e. The van der Waals surface area contributed by atoms with E-state index in [9.17, 15) is 0 Å². The van der Waals surface area contributed by atoms with E-state index in [2.05, 4.69) is 26.2 Å². The lowest BCUT2D eigenvalue weighted by Gasteiger charge is -2.28. The third-order valence-corrected chi connectivity index (χ3v) is 3.67. The zero-order valence-corrected chi connectivity index (χ0v) is 11.5. The van der Waals surface area contributed by atoms with Gasteiger partial charge in [0.15, 0.2) is 0 Å². The fourth-order valence-electron chi connectivity index (χ4n) is 2.44. The van der Waals surface area contributed by atoms with E-state index in [0.717, 1.165) is 63.5 Å². The highest BCUT2D eigenvalue weighted by molar-refractivity contribution is 5.86. The number of rotatable bonds is 3. The van der Waals surface area contributed by atoms with Gasteiger partial charge in [-0.05, 0) is 0 Å². The largest absolute Gasteiger partial charge is 0.392 e. The van der Waals surface area contributed by atoms with Gasteiger partial charge in [0.05, 0.1) is 31.3 Å². The highest BCUT2D eigenvalue weighted by atomic mass is 16.6. The first kappa shape index (κ1) is 13.3. The highest BCUT2D eigenvalue weighted by Crippen LogP contribution is 2.16. The lowest BCUT2D eigenvalue weighted by atomic mass is 10.1. The van der Waals surface area contributed by atoms with Crippen LogP contribution in [0.15, 0.2) is 17.5 Å². The van der Waals surface area contributed by atoms with Gasteiger partial charge in [-0.2, -0.15) is 0 Å². The molecular formula is C14H19N4O2. The molecule has 0 unspecified atom stereocenters. The summed E-state index contributed by atoms with van der Waals surface area (Å²) >= 11 is 0. The topological polar surface area (TPSA) is 59.8 Å². The van der Waals surface area contributed by atoms with Crippen molar-refractivity contribution in [3.63, 3.8) is 0 Å². The van der Waals surface area contributed by atoms with E-state index in [-0.39, 0.29) is 6.10 Å². The molecule has 0 bridgehead atoms. The van der Waals surface area contributed by atoms with Crippen molar-refractivity contribution in [3.05, 3.63) is 18.6 Å². The summed E-state index contributed by atoms with van der Waals surface area (Å²) in [5, 5.41) is 4.33. The number of hydrogen-bond donors (Lipinski definition) is 0. The Hall–Kier alpha value is -1.69. The fourth-order valence-corrected chi connectivity index (χ4v) is 2.44. The van der Waals surface area contributed by atoms with E-state index in [1.807, 2.05) is 0 Å². The Bertz CT molecular complexity index is 436. The Labute approximate surface area is 118 Å². The number of nitrogens with zero attached hydrogens (tertiary/aromatic N) is 4. The molecular weight excluding hydrogens is 256 g/mol. The maximum absolute atomic E-state index is 5.62. The van der Waals surface area contributed by atoms with Gasteiger partial charge in [-0.15, -0.1) is 0 Å². The van der Waals surface area contributed by atoms with Crippen molar-refractivity contribution in [2.75, 3.05) is 31.2 Å². The zero-order chi connectivity index (χ0) is 13.6. The third kappa shape index (κ3) is 3.45. The molecule has 0 aromatic carbocycles. The molecule has 0 atom stereocenters. The Morgan fingerprint density at radius 1 is 1.30 bits per heavy atom. The predicted octanol–water partition coefficient (Wildman–Crippen LogP) is 1.43. The van der Waals surface area contributed by atoms with E-state index < -0.39 is 0 Å². The number of hydrogen-bond acceptors (Lipinski definition) is 6. The van der Waals surface area contributed by atoms with Crippen LogP contribution in [0, 0.1) is 6.20 Å². The van der Waals surface area contributed by atoms with Crippen molar-refractivity contribution in [2.24, 2.45) is 5.16 Å². The molecule has 3 rings (SSSR count). The molecule has 1 radical (unpaired) electrons. The summed E-state index contributed by atoms with van der Waals surface area (Å²) in [7, 11) is 0. The Balaban J connectivity index is 1.48. The van der Waals surface area contributed by atoms with Crippen molar-refractivity contribution in [3.8, 4) is 0 Å². The van der Waals surface area contributed by atoms with E-state index in [0.29, 0.717) is 0 Å². The first-order chi connectivity index (χ1) is 9.92. The molecule has 0 amide bonds. The first-order valence-corrected chi connectivity index (χ1v) is 7.14. The molecule has 0 spiro atoms. The van der Waals surface area contributed by atoms with E-state index in [1.165, 1.54) is 0 Å². The van der Waals surface area contributed by atoms with Gasteiger partial charge in [0.2, 0.25) is 0 Å². The molecule has 1 aromatic heterocycles. The number of ether oxygens (including phenoxy) is 1. The zero-order valence-electron chi connectivity index (χ0n) is 11.5. The van der Waals surface area contributed by atoms with E-state index >= 15 is 0 Å². The maximum Gasteiger partial charge on any atom is 0.147 e. The van der Waals surface area contributed by atoms with Crippen LogP contribution in [0.1, 0.15) is 25.7 Å². The summed E-state index contributed by atoms with van der Waals surface area (Å²) in [5.41, 5.74) is 1.14. The molecule has 6 heteroatoms. The number of oxime groups is 1. The standard InChI is InChI=1S/C14H19N4O2/c1-7-18(14-11-15-5-6-16-14)8-2-12(1)17-20-13-3-9-19-10-4-13/h6,11,13H,1-4,7-10H2. The van der Waals surface area contributed by atoms with Gasteiger partial charge in [-0.25, -0.2) is 9.97 Å². The molecule has 2 aliphatic heterocycles. The van der Waals surface area contributed by atoms with Gasteiger partial charge in [0.25, 0.3) is 0 Å². The smallest absolute Gasteiger partial charge is 0.147 e. The summed E-state index contributed by atoms with van der Waals surface area (Å²) in [4.78, 5) is 16.1. The quantitative estimate of drug-likeness (QED) is 0.781. The highest BCUT2D eigenvalue weighted by Gasteiger charge is 2.19. The maximum atomic E-state index is 5.62. The third-order valence-electron chi connectivity index (χ3n) is 3.67. The lowest BCUT2D eigenvalue weighted by Crippen LogP contribution is -2.34. The second-order valence-electron chi connectivity index (χ2n) is 5.07. The average Bonchev–Trinajstić information content (AvgIpc) is 2.55. The average molecular weight is 275 g/mol. The second-order valence-corrected chi connectivity index (χ2v) is 5.07. The van der Waals surface area contributed by atoms with Crippen LogP contribution in [-0.2, 0) is 9.57 Å². The SMILES string of the molecule is [c]1cnc(N2CCC(=NOC3CCOCC3)CC2)cn1. The van der Waals surface area contributed by atoms with Crippen LogP contribution in [0.4, 0.5) is 5.82 Å². The Morgan fingerprint density at radius 3 is 2.80 bits per heavy atom. The molecule has 107 valence electrons. The van der Waals surface area contributed by atoms with Crippen LogP contribution in [0.25, 0.3) is 0 Å². The summed E-state index contributed by atoms with van der Waals surface area (Å²) in [5.74, 6) is 0.910. The van der Waals surface area contributed by atoms with Gasteiger partial charge >= 0.3 is 0 Å². The summed E-state index contributed by atoms with van der Waals surface area (Å²) < 4.78 is 5.30. The van der Waals surface area contributed by atoms with Gasteiger partial charge < -0.3 is 14.5 Å². The van der Waals surface area contributed by atoms with Crippen molar-refractivity contribution in [2.45, 2.75) is 31.8 Å². The van der Waals surface area contributed by atoms with Gasteiger partial charge in [-0.3, -0.25) is 0 Å². The van der Waals surface area contributed by atoms with E-state index in [1.54, 1.807) is 12.4 Å². The molecule has 1 aromatic rings. The van der Waals surface area contributed by atoms with Crippen molar-refractivity contribution in [1.82, 2.24) is 9.97 Å². The van der Waals surface area contributed by atoms with Crippen LogP contribution in [0.3, 0.4) is 0 Å². The molecule has 0 aliphatic carbocycles. The summed E-state index contributed by atoms with van der Waals surface area (Å²) in [6.45, 7) is 3.39. The molecule has 2 saturated heterocycles. The van der Waals surface area contributed by atoms with E-state index in [4.69, 9.17) is 9.57 Å². The lowest BCUT2D eigenvalue weighted by molar-refractivity contribution is -0.0304. The molecule has 2 aliphatic rings. The minimum atomic E-state index is 0.227. The summed E-state index contributed by atoms with van der Waals surface area (Å²) in [6.07, 6.45) is 10.0. The molecule has 0 saturated carbocycles. The van der Waals surface area contributed by atoms with Gasteiger partial charge in [-0.1, -0.05) is 5.16 Å². The first-order valence-electron chi connectivity index (χ1n) is 7.14. The molecule has 3 heterocycles. The Kier molecular flexibility index (Phi) is 4.42. The molecule has 20 heavy (non-hydrogen) atoms. The van der Waals surface area contributed by atoms with Gasteiger partial charge in [0, 0.05) is 38.8 Å². The molecule has 6 nitrogen and oxygen atoms in total. The van der Waals surface area contributed by atoms with Crippen LogP contribution in [-0.4, -0.2) is 48.1 Å². The van der Waals surface area contributed by atoms with Crippen molar-refractivity contribution >= 4 is 11.5 Å². The fraction of sp³-hybridized carbons (Fsp3) is 0.643. The van der Waals surface area contributed by atoms with Crippen molar-refractivity contribution in [1.29, 1.82) is 0 Å². The van der Waals surface area contributed by atoms with Crippen LogP contribution in [0.5, 0.6) is 0 Å². The molecule has 2 fully saturated rings. The second kappa shape index (κ2) is 6.65. The normalized spacial score (nSPS) is 20.8.